The highest BCUT2D eigenvalue weighted by Gasteiger charge is 2.28. The van der Waals surface area contributed by atoms with Crippen molar-refractivity contribution in [2.75, 3.05) is 19.8 Å². The van der Waals surface area contributed by atoms with Crippen molar-refractivity contribution in [1.29, 1.82) is 0 Å². The molecule has 2 heterocycles. The molecule has 3 nitrogen and oxygen atoms in total. The normalized spacial score (nSPS) is 28.4. The monoisotopic (exact) mass is 252 g/mol. The zero-order valence-corrected chi connectivity index (χ0v) is 9.90. The molecule has 2 aliphatic heterocycles. The molecule has 0 radical (unpaired) electrons. The van der Waals surface area contributed by atoms with Gasteiger partial charge in [0.15, 0.2) is 11.7 Å². The highest BCUT2D eigenvalue weighted by molar-refractivity contribution is 6.01. The molecule has 3 rings (SSSR count). The fourth-order valence-electron chi connectivity index (χ4n) is 2.36. The Balaban J connectivity index is 1.72. The molecule has 1 aliphatic carbocycles. The fraction of sp³-hybridized carbons (Fsp3) is 0.462. The zero-order valence-electron chi connectivity index (χ0n) is 9.90. The molecule has 0 saturated carbocycles. The van der Waals surface area contributed by atoms with E-state index < -0.39 is 11.7 Å². The standard InChI is InChI=1S/C13H14F2N2O/c14-10-4-3-9(6-11(10)15)17-7-12-13(18-8-17)2-1-5-16-12/h2,4,6,9H,1,3,5,7-8H2. The van der Waals surface area contributed by atoms with Gasteiger partial charge < -0.3 is 4.74 Å². The number of fused-ring (bicyclic) bond motifs is 1. The average Bonchev–Trinajstić information content (AvgIpc) is 2.41. The highest BCUT2D eigenvalue weighted by Crippen LogP contribution is 2.26. The summed E-state index contributed by atoms with van der Waals surface area (Å²) < 4.78 is 31.7. The Hall–Kier alpha value is -1.49. The predicted octanol–water partition coefficient (Wildman–Crippen LogP) is 2.48. The molecule has 1 atom stereocenters. The molecule has 0 amide bonds. The number of dihydropyridines is 1. The predicted molar refractivity (Wildman–Crippen MR) is 64.4 cm³/mol. The van der Waals surface area contributed by atoms with Crippen LogP contribution in [-0.4, -0.2) is 36.5 Å². The molecule has 0 spiro atoms. The van der Waals surface area contributed by atoms with Gasteiger partial charge in [-0.1, -0.05) is 0 Å². The smallest absolute Gasteiger partial charge is 0.156 e. The number of nitrogens with zero attached hydrogens (tertiary/aromatic N) is 2. The van der Waals surface area contributed by atoms with Crippen molar-refractivity contribution < 1.29 is 13.5 Å². The Morgan fingerprint density at radius 1 is 1.28 bits per heavy atom. The number of aliphatic imine (C=N–C) groups is 1. The third-order valence-corrected chi connectivity index (χ3v) is 3.36. The maximum atomic E-state index is 13.2. The minimum atomic E-state index is -0.779. The Bertz CT molecular complexity index is 479. The molecule has 0 bridgehead atoms. The van der Waals surface area contributed by atoms with Crippen LogP contribution in [0.25, 0.3) is 0 Å². The van der Waals surface area contributed by atoms with Crippen LogP contribution in [0.5, 0.6) is 0 Å². The van der Waals surface area contributed by atoms with Crippen molar-refractivity contribution in [3.8, 4) is 0 Å². The summed E-state index contributed by atoms with van der Waals surface area (Å²) in [5, 5.41) is 0. The van der Waals surface area contributed by atoms with Crippen LogP contribution >= 0.6 is 0 Å². The van der Waals surface area contributed by atoms with E-state index in [0.717, 1.165) is 24.4 Å². The van der Waals surface area contributed by atoms with Gasteiger partial charge in [0.2, 0.25) is 0 Å². The lowest BCUT2D eigenvalue weighted by molar-refractivity contribution is 0.0556. The largest absolute Gasteiger partial charge is 0.477 e. The lowest BCUT2D eigenvalue weighted by Gasteiger charge is -2.35. The SMILES string of the molecule is FC1=CCC(N2COC3=CCCN=C3C2)C=C1F. The highest BCUT2D eigenvalue weighted by atomic mass is 19.2. The second kappa shape index (κ2) is 4.65. The van der Waals surface area contributed by atoms with Crippen LogP contribution in [0.15, 0.2) is 40.6 Å². The number of rotatable bonds is 1. The van der Waals surface area contributed by atoms with Crippen molar-refractivity contribution >= 4 is 5.71 Å². The maximum absolute atomic E-state index is 13.2. The van der Waals surface area contributed by atoms with Gasteiger partial charge in [-0.3, -0.25) is 9.89 Å². The van der Waals surface area contributed by atoms with E-state index in [-0.39, 0.29) is 6.04 Å². The fourth-order valence-corrected chi connectivity index (χ4v) is 2.36. The van der Waals surface area contributed by atoms with E-state index in [1.807, 2.05) is 11.0 Å². The second-order valence-electron chi connectivity index (χ2n) is 4.58. The van der Waals surface area contributed by atoms with Crippen LogP contribution in [-0.2, 0) is 4.74 Å². The van der Waals surface area contributed by atoms with Gasteiger partial charge in [0.05, 0.1) is 5.71 Å². The summed E-state index contributed by atoms with van der Waals surface area (Å²) in [6, 6.07) is -0.157. The van der Waals surface area contributed by atoms with E-state index in [1.165, 1.54) is 12.2 Å². The molecule has 96 valence electrons. The van der Waals surface area contributed by atoms with Gasteiger partial charge in [0.1, 0.15) is 12.5 Å². The zero-order chi connectivity index (χ0) is 12.5. The third kappa shape index (κ3) is 2.10. The average molecular weight is 252 g/mol. The second-order valence-corrected chi connectivity index (χ2v) is 4.58. The molecule has 0 aromatic rings. The summed E-state index contributed by atoms with van der Waals surface area (Å²) in [6.45, 7) is 1.81. The van der Waals surface area contributed by atoms with Crippen molar-refractivity contribution in [1.82, 2.24) is 4.90 Å². The number of halogens is 2. The lowest BCUT2D eigenvalue weighted by Crippen LogP contribution is -2.45. The van der Waals surface area contributed by atoms with Gasteiger partial charge in [-0.15, -0.1) is 0 Å². The lowest BCUT2D eigenvalue weighted by atomic mass is 10.0. The quantitative estimate of drug-likeness (QED) is 0.716. The number of ether oxygens (including phenoxy) is 1. The van der Waals surface area contributed by atoms with Crippen molar-refractivity contribution in [3.05, 3.63) is 35.6 Å². The summed E-state index contributed by atoms with van der Waals surface area (Å²) in [5.41, 5.74) is 0.913. The van der Waals surface area contributed by atoms with Gasteiger partial charge in [-0.25, -0.2) is 8.78 Å². The number of hydrogen-bond donors (Lipinski definition) is 0. The van der Waals surface area contributed by atoms with Crippen LogP contribution < -0.4 is 0 Å². The first-order valence-electron chi connectivity index (χ1n) is 6.08. The summed E-state index contributed by atoms with van der Waals surface area (Å²) in [7, 11) is 0. The van der Waals surface area contributed by atoms with E-state index in [4.69, 9.17) is 4.74 Å². The molecule has 0 aromatic carbocycles. The summed E-state index contributed by atoms with van der Waals surface area (Å²) in [5.74, 6) is -0.697. The number of allylic oxidation sites excluding steroid dienone is 2. The molecule has 1 fully saturated rings. The number of hydrogen-bond acceptors (Lipinski definition) is 3. The molecule has 5 heteroatoms. The molecule has 1 saturated heterocycles. The van der Waals surface area contributed by atoms with E-state index in [2.05, 4.69) is 4.99 Å². The van der Waals surface area contributed by atoms with Gasteiger partial charge in [-0.05, 0) is 31.1 Å². The molecule has 0 aromatic heterocycles. The van der Waals surface area contributed by atoms with Gasteiger partial charge in [0.25, 0.3) is 0 Å². The Morgan fingerprint density at radius 2 is 2.17 bits per heavy atom. The van der Waals surface area contributed by atoms with Crippen LogP contribution in [0.2, 0.25) is 0 Å². The van der Waals surface area contributed by atoms with E-state index >= 15 is 0 Å². The van der Waals surface area contributed by atoms with Gasteiger partial charge in [0, 0.05) is 19.1 Å². The van der Waals surface area contributed by atoms with Crippen LogP contribution in [0.1, 0.15) is 12.8 Å². The Morgan fingerprint density at radius 3 is 3.00 bits per heavy atom. The van der Waals surface area contributed by atoms with E-state index in [1.54, 1.807) is 0 Å². The molecular weight excluding hydrogens is 238 g/mol. The van der Waals surface area contributed by atoms with Crippen molar-refractivity contribution in [3.63, 3.8) is 0 Å². The third-order valence-electron chi connectivity index (χ3n) is 3.36. The molecule has 1 unspecified atom stereocenters. The summed E-state index contributed by atoms with van der Waals surface area (Å²) in [6.07, 6.45) is 6.01. The van der Waals surface area contributed by atoms with Crippen LogP contribution in [0.4, 0.5) is 8.78 Å². The van der Waals surface area contributed by atoms with Crippen molar-refractivity contribution in [2.45, 2.75) is 18.9 Å². The first kappa shape index (κ1) is 11.6. The van der Waals surface area contributed by atoms with Gasteiger partial charge >= 0.3 is 0 Å². The van der Waals surface area contributed by atoms with E-state index in [0.29, 0.717) is 19.7 Å². The molecule has 0 N–H and O–H groups in total. The van der Waals surface area contributed by atoms with Crippen molar-refractivity contribution in [2.24, 2.45) is 4.99 Å². The summed E-state index contributed by atoms with van der Waals surface area (Å²) >= 11 is 0. The summed E-state index contributed by atoms with van der Waals surface area (Å²) in [4.78, 5) is 6.37. The van der Waals surface area contributed by atoms with Crippen LogP contribution in [0.3, 0.4) is 0 Å². The van der Waals surface area contributed by atoms with Crippen LogP contribution in [0, 0.1) is 0 Å². The Labute approximate surface area is 104 Å². The topological polar surface area (TPSA) is 24.8 Å². The maximum Gasteiger partial charge on any atom is 0.156 e. The van der Waals surface area contributed by atoms with E-state index in [9.17, 15) is 8.78 Å². The minimum absolute atomic E-state index is 0.157. The minimum Gasteiger partial charge on any atom is -0.477 e. The van der Waals surface area contributed by atoms with Gasteiger partial charge in [-0.2, -0.15) is 0 Å². The molecule has 18 heavy (non-hydrogen) atoms. The Kier molecular flexibility index (Phi) is 2.99. The first-order valence-corrected chi connectivity index (χ1v) is 6.08. The first-order chi connectivity index (χ1) is 8.74. The molecule has 3 aliphatic rings. The molecular formula is C13H14F2N2O.